The first-order chi connectivity index (χ1) is 6.22. The minimum atomic E-state index is -0.268. The lowest BCUT2D eigenvalue weighted by Crippen LogP contribution is -2.03. The summed E-state index contributed by atoms with van der Waals surface area (Å²) in [5.41, 5.74) is 3.47. The molecule has 0 rings (SSSR count). The minimum Gasteiger partial charge on any atom is -0.462 e. The van der Waals surface area contributed by atoms with E-state index in [0.717, 1.165) is 19.3 Å². The molecule has 13 heavy (non-hydrogen) atoms. The molecule has 0 aromatic heterocycles. The SMILES string of the molecule is CCCCC=C=C(C)C(=O)OCC. The third kappa shape index (κ3) is 6.18. The van der Waals surface area contributed by atoms with Crippen LogP contribution in [0.5, 0.6) is 0 Å². The van der Waals surface area contributed by atoms with Crippen LogP contribution in [0, 0.1) is 0 Å². The molecule has 0 aromatic rings. The fraction of sp³-hybridized carbons (Fsp3) is 0.636. The van der Waals surface area contributed by atoms with E-state index in [-0.39, 0.29) is 5.97 Å². The monoisotopic (exact) mass is 182 g/mol. The van der Waals surface area contributed by atoms with Crippen LogP contribution >= 0.6 is 0 Å². The Hall–Kier alpha value is -1.01. The fourth-order valence-electron chi connectivity index (χ4n) is 0.830. The Balaban J connectivity index is 3.98. The van der Waals surface area contributed by atoms with Crippen LogP contribution < -0.4 is 0 Å². The van der Waals surface area contributed by atoms with Crippen molar-refractivity contribution in [2.75, 3.05) is 6.61 Å². The molecule has 0 aromatic carbocycles. The Morgan fingerprint density at radius 2 is 2.15 bits per heavy atom. The van der Waals surface area contributed by atoms with Gasteiger partial charge in [-0.3, -0.25) is 0 Å². The molecule has 2 nitrogen and oxygen atoms in total. The molecule has 0 amide bonds. The summed E-state index contributed by atoms with van der Waals surface area (Å²) in [6, 6.07) is 0. The zero-order valence-electron chi connectivity index (χ0n) is 8.72. The maximum absolute atomic E-state index is 11.1. The van der Waals surface area contributed by atoms with Gasteiger partial charge in [0.15, 0.2) is 0 Å². The van der Waals surface area contributed by atoms with Crippen molar-refractivity contribution in [1.82, 2.24) is 0 Å². The topological polar surface area (TPSA) is 26.3 Å². The van der Waals surface area contributed by atoms with Crippen LogP contribution in [-0.4, -0.2) is 12.6 Å². The van der Waals surface area contributed by atoms with Gasteiger partial charge in [0.25, 0.3) is 0 Å². The van der Waals surface area contributed by atoms with Crippen molar-refractivity contribution < 1.29 is 9.53 Å². The Morgan fingerprint density at radius 1 is 1.46 bits per heavy atom. The predicted octanol–water partition coefficient (Wildman–Crippen LogP) is 2.84. The van der Waals surface area contributed by atoms with Gasteiger partial charge in [-0.25, -0.2) is 4.79 Å². The number of esters is 1. The second kappa shape index (κ2) is 7.63. The van der Waals surface area contributed by atoms with Gasteiger partial charge in [0.2, 0.25) is 0 Å². The van der Waals surface area contributed by atoms with Crippen molar-refractivity contribution in [3.8, 4) is 0 Å². The maximum Gasteiger partial charge on any atom is 0.341 e. The zero-order chi connectivity index (χ0) is 10.1. The molecule has 0 N–H and O–H groups in total. The number of rotatable bonds is 5. The smallest absolute Gasteiger partial charge is 0.341 e. The minimum absolute atomic E-state index is 0.268. The van der Waals surface area contributed by atoms with Gasteiger partial charge in [0.1, 0.15) is 0 Å². The van der Waals surface area contributed by atoms with E-state index in [1.807, 2.05) is 6.08 Å². The normalized spacial score (nSPS) is 8.85. The van der Waals surface area contributed by atoms with Crippen LogP contribution in [0.3, 0.4) is 0 Å². The van der Waals surface area contributed by atoms with Crippen LogP contribution in [0.4, 0.5) is 0 Å². The lowest BCUT2D eigenvalue weighted by molar-refractivity contribution is -0.138. The highest BCUT2D eigenvalue weighted by molar-refractivity contribution is 5.87. The van der Waals surface area contributed by atoms with Crippen LogP contribution in [0.1, 0.15) is 40.0 Å². The molecular weight excluding hydrogens is 164 g/mol. The van der Waals surface area contributed by atoms with Crippen molar-refractivity contribution >= 4 is 5.97 Å². The standard InChI is InChI=1S/C11H18O2/c1-4-6-7-8-9-10(3)11(12)13-5-2/h8H,4-7H2,1-3H3. The third-order valence-corrected chi connectivity index (χ3v) is 1.60. The maximum atomic E-state index is 11.1. The third-order valence-electron chi connectivity index (χ3n) is 1.60. The summed E-state index contributed by atoms with van der Waals surface area (Å²) < 4.78 is 4.80. The average Bonchev–Trinajstić information content (AvgIpc) is 2.12. The highest BCUT2D eigenvalue weighted by Gasteiger charge is 2.01. The van der Waals surface area contributed by atoms with E-state index in [9.17, 15) is 4.79 Å². The Bertz CT molecular complexity index is 210. The molecule has 2 heteroatoms. The van der Waals surface area contributed by atoms with Crippen LogP contribution in [0.2, 0.25) is 0 Å². The van der Waals surface area contributed by atoms with Crippen LogP contribution in [-0.2, 0) is 9.53 Å². The van der Waals surface area contributed by atoms with E-state index >= 15 is 0 Å². The van der Waals surface area contributed by atoms with Gasteiger partial charge in [-0.05, 0) is 32.8 Å². The number of hydrogen-bond acceptors (Lipinski definition) is 2. The Labute approximate surface area is 80.3 Å². The first kappa shape index (κ1) is 12.0. The van der Waals surface area contributed by atoms with Crippen molar-refractivity contribution in [3.63, 3.8) is 0 Å². The number of unbranched alkanes of at least 4 members (excludes halogenated alkanes) is 2. The van der Waals surface area contributed by atoms with Crippen LogP contribution in [0.15, 0.2) is 17.4 Å². The molecule has 0 unspecified atom stereocenters. The van der Waals surface area contributed by atoms with Crippen molar-refractivity contribution in [2.24, 2.45) is 0 Å². The Kier molecular flexibility index (Phi) is 7.04. The molecule has 0 aliphatic heterocycles. The van der Waals surface area contributed by atoms with Gasteiger partial charge in [-0.15, -0.1) is 5.73 Å². The van der Waals surface area contributed by atoms with Gasteiger partial charge in [-0.2, -0.15) is 0 Å². The van der Waals surface area contributed by atoms with E-state index in [0.29, 0.717) is 12.2 Å². The molecule has 0 spiro atoms. The first-order valence-electron chi connectivity index (χ1n) is 4.81. The molecule has 0 fully saturated rings. The van der Waals surface area contributed by atoms with Crippen molar-refractivity contribution in [2.45, 2.75) is 40.0 Å². The van der Waals surface area contributed by atoms with E-state index in [1.165, 1.54) is 0 Å². The second-order valence-corrected chi connectivity index (χ2v) is 2.84. The quantitative estimate of drug-likeness (QED) is 0.283. The van der Waals surface area contributed by atoms with Gasteiger partial charge >= 0.3 is 5.97 Å². The number of carbonyl (C=O) groups excluding carboxylic acids is 1. The van der Waals surface area contributed by atoms with Gasteiger partial charge in [0, 0.05) is 0 Å². The van der Waals surface area contributed by atoms with Gasteiger partial charge in [0.05, 0.1) is 12.2 Å². The van der Waals surface area contributed by atoms with Crippen LogP contribution in [0.25, 0.3) is 0 Å². The number of hydrogen-bond donors (Lipinski definition) is 0. The number of ether oxygens (including phenoxy) is 1. The van der Waals surface area contributed by atoms with E-state index in [4.69, 9.17) is 4.74 Å². The summed E-state index contributed by atoms with van der Waals surface area (Å²) in [5, 5.41) is 0. The molecular formula is C11H18O2. The molecule has 0 radical (unpaired) electrons. The van der Waals surface area contributed by atoms with E-state index in [1.54, 1.807) is 13.8 Å². The van der Waals surface area contributed by atoms with E-state index in [2.05, 4.69) is 12.7 Å². The molecule has 0 saturated heterocycles. The molecule has 0 heterocycles. The average molecular weight is 182 g/mol. The summed E-state index contributed by atoms with van der Waals surface area (Å²) in [6.45, 7) is 6.08. The number of carbonyl (C=O) groups is 1. The van der Waals surface area contributed by atoms with Crippen molar-refractivity contribution in [1.29, 1.82) is 0 Å². The lowest BCUT2D eigenvalue weighted by atomic mass is 10.2. The fourth-order valence-corrected chi connectivity index (χ4v) is 0.830. The zero-order valence-corrected chi connectivity index (χ0v) is 8.72. The second-order valence-electron chi connectivity index (χ2n) is 2.84. The molecule has 0 bridgehead atoms. The van der Waals surface area contributed by atoms with E-state index < -0.39 is 0 Å². The lowest BCUT2D eigenvalue weighted by Gasteiger charge is -1.97. The molecule has 0 atom stereocenters. The highest BCUT2D eigenvalue weighted by Crippen LogP contribution is 1.97. The molecule has 0 aliphatic carbocycles. The summed E-state index contributed by atoms with van der Waals surface area (Å²) in [5.74, 6) is -0.268. The van der Waals surface area contributed by atoms with Crippen molar-refractivity contribution in [3.05, 3.63) is 17.4 Å². The molecule has 0 aliphatic rings. The summed E-state index contributed by atoms with van der Waals surface area (Å²) >= 11 is 0. The molecule has 74 valence electrons. The first-order valence-corrected chi connectivity index (χ1v) is 4.81. The largest absolute Gasteiger partial charge is 0.462 e. The van der Waals surface area contributed by atoms with Gasteiger partial charge < -0.3 is 4.74 Å². The summed E-state index contributed by atoms with van der Waals surface area (Å²) in [4.78, 5) is 11.1. The van der Waals surface area contributed by atoms with Gasteiger partial charge in [-0.1, -0.05) is 13.3 Å². The highest BCUT2D eigenvalue weighted by atomic mass is 16.5. The summed E-state index contributed by atoms with van der Waals surface area (Å²) in [7, 11) is 0. The summed E-state index contributed by atoms with van der Waals surface area (Å²) in [6.07, 6.45) is 5.18. The molecule has 0 saturated carbocycles. The predicted molar refractivity (Wildman–Crippen MR) is 53.4 cm³/mol. The Morgan fingerprint density at radius 3 is 2.69 bits per heavy atom.